The second-order valence-electron chi connectivity index (χ2n) is 12.4. The van der Waals surface area contributed by atoms with Gasteiger partial charge in [-0.3, -0.25) is 9.69 Å². The van der Waals surface area contributed by atoms with Crippen LogP contribution in [0.25, 0.3) is 11.0 Å². The third kappa shape index (κ3) is 4.70. The van der Waals surface area contributed by atoms with Gasteiger partial charge in [0.2, 0.25) is 0 Å². The molecular weight excluding hydrogens is 508 g/mol. The molecule has 41 heavy (non-hydrogen) atoms. The predicted molar refractivity (Wildman–Crippen MR) is 163 cm³/mol. The number of amides is 1. The van der Waals surface area contributed by atoms with Gasteiger partial charge in [0.15, 0.2) is 0 Å². The number of benzene rings is 2. The van der Waals surface area contributed by atoms with E-state index in [9.17, 15) is 4.79 Å². The van der Waals surface area contributed by atoms with E-state index in [2.05, 4.69) is 76.0 Å². The monoisotopic (exact) mass is 548 g/mol. The number of pyridine rings is 1. The van der Waals surface area contributed by atoms with Crippen molar-refractivity contribution < 1.29 is 4.79 Å². The lowest BCUT2D eigenvalue weighted by Gasteiger charge is -2.45. The molecule has 2 N–H and O–H groups in total. The molecule has 0 radical (unpaired) electrons. The largest absolute Gasteiger partial charge is 0.383 e. The van der Waals surface area contributed by atoms with Crippen LogP contribution >= 0.6 is 0 Å². The number of aromatic nitrogens is 3. The number of rotatable bonds is 6. The Balaban J connectivity index is 1.07. The van der Waals surface area contributed by atoms with Crippen LogP contribution in [0.2, 0.25) is 0 Å². The van der Waals surface area contributed by atoms with Crippen LogP contribution in [0.5, 0.6) is 0 Å². The number of nitrogens with zero attached hydrogens (tertiary/aromatic N) is 5. The van der Waals surface area contributed by atoms with Crippen molar-refractivity contribution in [2.75, 3.05) is 25.4 Å². The fourth-order valence-electron chi connectivity index (χ4n) is 8.17. The van der Waals surface area contributed by atoms with Crippen LogP contribution in [0, 0.1) is 6.92 Å². The van der Waals surface area contributed by atoms with Gasteiger partial charge in [0.25, 0.3) is 5.91 Å². The van der Waals surface area contributed by atoms with Crippen LogP contribution < -0.4 is 5.73 Å². The molecule has 1 amide bonds. The summed E-state index contributed by atoms with van der Waals surface area (Å²) in [5, 5.41) is 0. The number of fused-ring (bicyclic) bond motifs is 3. The first-order valence-electron chi connectivity index (χ1n) is 15.3. The number of carbonyl (C=O) groups is 1. The molecule has 7 rings (SSSR count). The molecule has 0 aliphatic carbocycles. The summed E-state index contributed by atoms with van der Waals surface area (Å²) in [5.41, 5.74) is 10.4. The van der Waals surface area contributed by atoms with E-state index in [-0.39, 0.29) is 11.3 Å². The lowest BCUT2D eigenvalue weighted by Crippen LogP contribution is -2.49. The molecule has 2 atom stereocenters. The minimum atomic E-state index is -0.000280. The van der Waals surface area contributed by atoms with Crippen molar-refractivity contribution in [3.63, 3.8) is 0 Å². The number of carbonyl (C=O) groups excluding carboxylic acids is 1. The van der Waals surface area contributed by atoms with Crippen molar-refractivity contribution in [3.8, 4) is 0 Å². The highest BCUT2D eigenvalue weighted by Crippen LogP contribution is 2.45. The van der Waals surface area contributed by atoms with Crippen LogP contribution in [0.1, 0.15) is 72.7 Å². The molecule has 3 fully saturated rings. The number of anilines is 1. The normalized spacial score (nSPS) is 24.1. The van der Waals surface area contributed by atoms with Gasteiger partial charge in [-0.05, 0) is 93.7 Å². The molecule has 0 saturated carbocycles. The van der Waals surface area contributed by atoms with Gasteiger partial charge in [-0.1, -0.05) is 42.5 Å². The molecule has 3 aliphatic rings. The van der Waals surface area contributed by atoms with Gasteiger partial charge in [0.05, 0.1) is 16.6 Å². The first-order valence-corrected chi connectivity index (χ1v) is 15.3. The molecule has 5 heterocycles. The van der Waals surface area contributed by atoms with Crippen molar-refractivity contribution in [2.45, 2.75) is 75.4 Å². The number of nitrogens with two attached hydrogens (primary N) is 1. The average molecular weight is 549 g/mol. The minimum absolute atomic E-state index is 0.000280. The Hall–Kier alpha value is -3.71. The Bertz CT molecular complexity index is 1530. The average Bonchev–Trinajstić information content (AvgIpc) is 3.47. The number of hydrogen-bond acceptors (Lipinski definition) is 5. The number of nitrogen functional groups attached to an aromatic ring is 1. The maximum absolute atomic E-state index is 13.3. The molecule has 4 aromatic rings. The zero-order valence-corrected chi connectivity index (χ0v) is 24.0. The number of piperidine rings is 2. The maximum atomic E-state index is 13.3. The van der Waals surface area contributed by atoms with E-state index in [0.717, 1.165) is 50.2 Å². The van der Waals surface area contributed by atoms with Crippen molar-refractivity contribution >= 4 is 22.8 Å². The van der Waals surface area contributed by atoms with Gasteiger partial charge in [-0.25, -0.2) is 9.97 Å². The van der Waals surface area contributed by atoms with Gasteiger partial charge < -0.3 is 15.2 Å². The van der Waals surface area contributed by atoms with Crippen LogP contribution in [-0.4, -0.2) is 62.0 Å². The number of hydrogen-bond donors (Lipinski definition) is 1. The van der Waals surface area contributed by atoms with E-state index < -0.39 is 0 Å². The molecule has 3 saturated heterocycles. The first-order chi connectivity index (χ1) is 20.0. The highest BCUT2D eigenvalue weighted by Gasteiger charge is 2.44. The van der Waals surface area contributed by atoms with Crippen molar-refractivity contribution in [1.29, 1.82) is 0 Å². The van der Waals surface area contributed by atoms with Gasteiger partial charge in [-0.2, -0.15) is 0 Å². The molecular formula is C34H40N6O. The lowest BCUT2D eigenvalue weighted by atomic mass is 9.70. The number of para-hydroxylation sites is 2. The molecule has 2 unspecified atom stereocenters. The Kier molecular flexibility index (Phi) is 6.78. The molecule has 7 nitrogen and oxygen atoms in total. The van der Waals surface area contributed by atoms with Crippen LogP contribution in [0.15, 0.2) is 72.9 Å². The maximum Gasteiger partial charge on any atom is 0.257 e. The quantitative estimate of drug-likeness (QED) is 0.332. The fourth-order valence-corrected chi connectivity index (χ4v) is 8.17. The summed E-state index contributed by atoms with van der Waals surface area (Å²) >= 11 is 0. The third-order valence-electron chi connectivity index (χ3n) is 10.3. The molecule has 2 aromatic carbocycles. The zero-order chi connectivity index (χ0) is 28.0. The first kappa shape index (κ1) is 26.2. The van der Waals surface area contributed by atoms with Gasteiger partial charge in [-0.15, -0.1) is 0 Å². The molecule has 212 valence electrons. The highest BCUT2D eigenvalue weighted by atomic mass is 16.2. The minimum Gasteiger partial charge on any atom is -0.383 e. The summed E-state index contributed by atoms with van der Waals surface area (Å²) in [6, 6.07) is 25.0. The van der Waals surface area contributed by atoms with E-state index in [0.29, 0.717) is 29.5 Å². The van der Waals surface area contributed by atoms with E-state index >= 15 is 0 Å². The van der Waals surface area contributed by atoms with Gasteiger partial charge in [0, 0.05) is 37.4 Å². The number of imidazole rings is 1. The summed E-state index contributed by atoms with van der Waals surface area (Å²) in [4.78, 5) is 27.1. The SMILES string of the molecule is Cc1nc2ccccc2n1C1CC2CCC(C1)N2CCC1(c2ccccc2)CCN(C(=O)c2cccnc2N)CC1. The van der Waals surface area contributed by atoms with Crippen LogP contribution in [-0.2, 0) is 5.41 Å². The van der Waals surface area contributed by atoms with Crippen molar-refractivity contribution in [3.05, 3.63) is 89.9 Å². The second kappa shape index (κ2) is 10.6. The molecule has 7 heteroatoms. The Morgan fingerprint density at radius 2 is 1.63 bits per heavy atom. The van der Waals surface area contributed by atoms with Crippen LogP contribution in [0.3, 0.4) is 0 Å². The number of likely N-dealkylation sites (tertiary alicyclic amines) is 1. The summed E-state index contributed by atoms with van der Waals surface area (Å²) in [6.45, 7) is 4.76. The zero-order valence-electron chi connectivity index (χ0n) is 24.0. The van der Waals surface area contributed by atoms with E-state index in [1.807, 2.05) is 4.90 Å². The molecule has 0 spiro atoms. The summed E-state index contributed by atoms with van der Waals surface area (Å²) in [5.74, 6) is 1.45. The van der Waals surface area contributed by atoms with Crippen molar-refractivity contribution in [2.24, 2.45) is 0 Å². The van der Waals surface area contributed by atoms with Gasteiger partial charge in [0.1, 0.15) is 11.6 Å². The molecule has 2 aromatic heterocycles. The lowest BCUT2D eigenvalue weighted by molar-refractivity contribution is 0.0607. The topological polar surface area (TPSA) is 80.3 Å². The Morgan fingerprint density at radius 3 is 2.37 bits per heavy atom. The second-order valence-corrected chi connectivity index (χ2v) is 12.4. The summed E-state index contributed by atoms with van der Waals surface area (Å²) in [6.07, 6.45) is 9.68. The van der Waals surface area contributed by atoms with Crippen molar-refractivity contribution in [1.82, 2.24) is 24.3 Å². The molecule has 3 aliphatic heterocycles. The van der Waals surface area contributed by atoms with Crippen LogP contribution in [0.4, 0.5) is 5.82 Å². The smallest absolute Gasteiger partial charge is 0.257 e. The number of aryl methyl sites for hydroxylation is 1. The third-order valence-corrected chi connectivity index (χ3v) is 10.3. The fraction of sp³-hybridized carbons (Fsp3) is 0.441. The Morgan fingerprint density at radius 1 is 0.927 bits per heavy atom. The standard InChI is InChI=1S/C34H40N6O/c1-24-37-30-11-5-6-12-31(30)40(24)28-22-26-13-14-27(23-28)39(26)21-17-34(25-8-3-2-4-9-25)15-19-38(20-16-34)33(41)29-10-7-18-36-32(29)35/h2-12,18,26-28H,13-17,19-23H2,1H3,(H2,35,36). The summed E-state index contributed by atoms with van der Waals surface area (Å²) in [7, 11) is 0. The predicted octanol–water partition coefficient (Wildman–Crippen LogP) is 5.75. The van der Waals surface area contributed by atoms with E-state index in [1.165, 1.54) is 36.8 Å². The van der Waals surface area contributed by atoms with Gasteiger partial charge >= 0.3 is 0 Å². The highest BCUT2D eigenvalue weighted by molar-refractivity contribution is 5.98. The Labute approximate surface area is 242 Å². The van der Waals surface area contributed by atoms with E-state index in [1.54, 1.807) is 18.3 Å². The van der Waals surface area contributed by atoms with E-state index in [4.69, 9.17) is 10.7 Å². The summed E-state index contributed by atoms with van der Waals surface area (Å²) < 4.78 is 2.52. The molecule has 2 bridgehead atoms.